The van der Waals surface area contributed by atoms with Crippen LogP contribution in [0, 0.1) is 5.82 Å². The summed E-state index contributed by atoms with van der Waals surface area (Å²) in [7, 11) is -4.46. The summed E-state index contributed by atoms with van der Waals surface area (Å²) in [5.41, 5.74) is -3.75. The van der Waals surface area contributed by atoms with Crippen LogP contribution >= 0.6 is 0 Å². The maximum atomic E-state index is 13.6. The molecule has 1 N–H and O–H groups in total. The first kappa shape index (κ1) is 24.6. The topological polar surface area (TPSA) is 110 Å². The van der Waals surface area contributed by atoms with E-state index in [9.17, 15) is 41.0 Å². The Hall–Kier alpha value is -3.06. The molecule has 1 heterocycles. The summed E-state index contributed by atoms with van der Waals surface area (Å²) in [6.45, 7) is 0.245. The molecule has 1 amide bonds. The first-order chi connectivity index (χ1) is 15.2. The number of amides is 1. The summed E-state index contributed by atoms with van der Waals surface area (Å²) in [5.74, 6) is -0.770. The second-order valence-electron chi connectivity index (χ2n) is 7.71. The SMILES string of the molecule is CC(C)(N(C(=O)[O-])c1ccc2c(c1)N(S(=O)(=O)c1ccc(F)cc1)[C@H](CO)CO2)C(F)(F)F. The molecule has 0 bridgehead atoms. The van der Waals surface area contributed by atoms with Crippen molar-refractivity contribution in [3.63, 3.8) is 0 Å². The van der Waals surface area contributed by atoms with Gasteiger partial charge in [0.15, 0.2) is 0 Å². The van der Waals surface area contributed by atoms with Gasteiger partial charge in [0.25, 0.3) is 10.0 Å². The number of benzene rings is 2. The normalized spacial score (nSPS) is 16.7. The largest absolute Gasteiger partial charge is 0.530 e. The molecule has 1 aliphatic rings. The molecule has 1 aliphatic heterocycles. The highest BCUT2D eigenvalue weighted by molar-refractivity contribution is 7.92. The molecule has 2 aromatic rings. The predicted octanol–water partition coefficient (Wildman–Crippen LogP) is 2.26. The van der Waals surface area contributed by atoms with Crippen LogP contribution in [0.2, 0.25) is 0 Å². The van der Waals surface area contributed by atoms with Crippen molar-refractivity contribution in [1.82, 2.24) is 0 Å². The number of anilines is 2. The number of fused-ring (bicyclic) bond motifs is 1. The fourth-order valence-electron chi connectivity index (χ4n) is 3.35. The number of carbonyl (C=O) groups is 1. The molecule has 0 unspecified atom stereocenters. The van der Waals surface area contributed by atoms with Crippen molar-refractivity contribution < 1.29 is 45.7 Å². The lowest BCUT2D eigenvalue weighted by atomic mass is 10.0. The average Bonchev–Trinajstić information content (AvgIpc) is 2.71. The highest BCUT2D eigenvalue weighted by Crippen LogP contribution is 2.43. The molecule has 0 spiro atoms. The van der Waals surface area contributed by atoms with Crippen LogP contribution in [-0.2, 0) is 10.0 Å². The summed E-state index contributed by atoms with van der Waals surface area (Å²) in [5, 5.41) is 21.4. The van der Waals surface area contributed by atoms with Gasteiger partial charge < -0.3 is 24.6 Å². The molecule has 180 valence electrons. The molecule has 0 saturated heterocycles. The van der Waals surface area contributed by atoms with Gasteiger partial charge in [0.1, 0.15) is 35.8 Å². The summed E-state index contributed by atoms with van der Waals surface area (Å²) in [6, 6.07) is 5.62. The summed E-state index contributed by atoms with van der Waals surface area (Å²) >= 11 is 0. The molecule has 8 nitrogen and oxygen atoms in total. The Bertz CT molecular complexity index is 1150. The highest BCUT2D eigenvalue weighted by atomic mass is 32.2. The number of carboxylic acid groups (broad SMARTS) is 1. The summed E-state index contributed by atoms with van der Waals surface area (Å²) < 4.78 is 86.8. The van der Waals surface area contributed by atoms with Crippen LogP contribution in [0.15, 0.2) is 47.4 Å². The van der Waals surface area contributed by atoms with Crippen LogP contribution in [0.4, 0.5) is 33.7 Å². The number of carbonyl (C=O) groups excluding carboxylic acids is 1. The molecule has 13 heteroatoms. The molecule has 0 saturated carbocycles. The van der Waals surface area contributed by atoms with Crippen LogP contribution in [-0.4, -0.2) is 50.6 Å². The predicted molar refractivity (Wildman–Crippen MR) is 107 cm³/mol. The lowest BCUT2D eigenvalue weighted by Crippen LogP contribution is -2.60. The number of aliphatic hydroxyl groups is 1. The van der Waals surface area contributed by atoms with E-state index in [1.807, 2.05) is 0 Å². The lowest BCUT2D eigenvalue weighted by Gasteiger charge is -2.42. The Morgan fingerprint density at radius 2 is 1.82 bits per heavy atom. The first-order valence-corrected chi connectivity index (χ1v) is 10.9. The standard InChI is InChI=1S/C20H20F4N2O6S/c1-19(2,20(22,23)24)25(18(28)29)13-5-8-17-16(9-13)26(14(10-27)11-32-17)33(30,31)15-6-3-12(21)4-7-15/h3-9,14,27H,10-11H2,1-2H3,(H,28,29)/p-1/t14-/m1/s1. The quantitative estimate of drug-likeness (QED) is 0.643. The number of halogens is 4. The second kappa shape index (κ2) is 8.37. The van der Waals surface area contributed by atoms with Gasteiger partial charge >= 0.3 is 6.18 Å². The van der Waals surface area contributed by atoms with E-state index in [1.165, 1.54) is 0 Å². The number of rotatable bonds is 5. The van der Waals surface area contributed by atoms with Gasteiger partial charge in [0, 0.05) is 5.69 Å². The van der Waals surface area contributed by atoms with Crippen LogP contribution in [0.5, 0.6) is 5.75 Å². The minimum atomic E-state index is -4.99. The molecular formula is C20H19F4N2O6S-. The van der Waals surface area contributed by atoms with Gasteiger partial charge in [-0.1, -0.05) is 0 Å². The van der Waals surface area contributed by atoms with E-state index in [-0.39, 0.29) is 27.8 Å². The fraction of sp³-hybridized carbons (Fsp3) is 0.350. The van der Waals surface area contributed by atoms with Crippen molar-refractivity contribution in [3.05, 3.63) is 48.3 Å². The molecule has 1 atom stereocenters. The number of nitrogens with zero attached hydrogens (tertiary/aromatic N) is 2. The zero-order valence-corrected chi connectivity index (χ0v) is 18.2. The molecule has 0 radical (unpaired) electrons. The molecule has 0 fully saturated rings. The Morgan fingerprint density at radius 3 is 2.33 bits per heavy atom. The molecule has 3 rings (SSSR count). The van der Waals surface area contributed by atoms with Gasteiger partial charge in [0.2, 0.25) is 0 Å². The molecule has 0 aromatic heterocycles. The number of ether oxygens (including phenoxy) is 1. The Morgan fingerprint density at radius 1 is 1.21 bits per heavy atom. The van der Waals surface area contributed by atoms with Gasteiger partial charge in [0.05, 0.1) is 17.2 Å². The summed E-state index contributed by atoms with van der Waals surface area (Å²) in [4.78, 5) is 11.3. The van der Waals surface area contributed by atoms with E-state index in [1.54, 1.807) is 0 Å². The van der Waals surface area contributed by atoms with Gasteiger partial charge in [-0.05, 0) is 56.3 Å². The van der Waals surface area contributed by atoms with Crippen molar-refractivity contribution in [1.29, 1.82) is 0 Å². The van der Waals surface area contributed by atoms with Gasteiger partial charge in [-0.25, -0.2) is 12.8 Å². The third kappa shape index (κ3) is 4.29. The zero-order chi connectivity index (χ0) is 24.8. The van der Waals surface area contributed by atoms with Gasteiger partial charge in [-0.15, -0.1) is 0 Å². The first-order valence-electron chi connectivity index (χ1n) is 9.47. The van der Waals surface area contributed by atoms with Crippen molar-refractivity contribution in [2.75, 3.05) is 22.4 Å². The highest BCUT2D eigenvalue weighted by Gasteiger charge is 2.52. The monoisotopic (exact) mass is 491 g/mol. The maximum absolute atomic E-state index is 13.6. The van der Waals surface area contributed by atoms with Gasteiger partial charge in [-0.3, -0.25) is 4.31 Å². The van der Waals surface area contributed by atoms with E-state index >= 15 is 0 Å². The van der Waals surface area contributed by atoms with E-state index in [0.29, 0.717) is 13.8 Å². The smallest absolute Gasteiger partial charge is 0.411 e. The lowest BCUT2D eigenvalue weighted by molar-refractivity contribution is -0.254. The van der Waals surface area contributed by atoms with Crippen LogP contribution < -0.4 is 19.0 Å². The molecule has 0 aliphatic carbocycles. The zero-order valence-electron chi connectivity index (χ0n) is 17.3. The van der Waals surface area contributed by atoms with Gasteiger partial charge in [-0.2, -0.15) is 13.2 Å². The van der Waals surface area contributed by atoms with E-state index in [0.717, 1.165) is 46.8 Å². The van der Waals surface area contributed by atoms with E-state index in [2.05, 4.69) is 0 Å². The fourth-order valence-corrected chi connectivity index (χ4v) is 4.97. The van der Waals surface area contributed by atoms with Crippen molar-refractivity contribution in [2.45, 2.75) is 36.5 Å². The second-order valence-corrected chi connectivity index (χ2v) is 9.53. The third-order valence-electron chi connectivity index (χ3n) is 5.22. The van der Waals surface area contributed by atoms with Crippen LogP contribution in [0.3, 0.4) is 0 Å². The van der Waals surface area contributed by atoms with Crippen LogP contribution in [0.25, 0.3) is 0 Å². The van der Waals surface area contributed by atoms with E-state index in [4.69, 9.17) is 4.74 Å². The number of hydrogen-bond donors (Lipinski definition) is 1. The minimum Gasteiger partial charge on any atom is -0.530 e. The average molecular weight is 491 g/mol. The molecule has 2 aromatic carbocycles. The minimum absolute atomic E-state index is 0.0431. The maximum Gasteiger partial charge on any atom is 0.411 e. The van der Waals surface area contributed by atoms with Crippen molar-refractivity contribution in [3.8, 4) is 5.75 Å². The number of hydrogen-bond acceptors (Lipinski definition) is 6. The van der Waals surface area contributed by atoms with Crippen molar-refractivity contribution in [2.24, 2.45) is 0 Å². The Balaban J connectivity index is 2.20. The molecule has 33 heavy (non-hydrogen) atoms. The van der Waals surface area contributed by atoms with E-state index < -0.39 is 52.0 Å². The molecular weight excluding hydrogens is 472 g/mol. The van der Waals surface area contributed by atoms with Crippen LogP contribution in [0.1, 0.15) is 13.8 Å². The van der Waals surface area contributed by atoms with Crippen molar-refractivity contribution >= 4 is 27.5 Å². The Kier molecular flexibility index (Phi) is 6.24. The number of alkyl halides is 3. The summed E-state index contributed by atoms with van der Waals surface area (Å²) in [6.07, 6.45) is -7.16. The number of aliphatic hydroxyl groups excluding tert-OH is 1. The third-order valence-corrected chi connectivity index (χ3v) is 7.10. The Labute approximate surface area is 186 Å². The number of sulfonamides is 1.